The minimum absolute atomic E-state index is 0.0700. The van der Waals surface area contributed by atoms with Crippen molar-refractivity contribution >= 4 is 20.3 Å². The molecule has 184 valence electrons. The first kappa shape index (κ1) is 25.8. The fourth-order valence-corrected chi connectivity index (χ4v) is 5.86. The fraction of sp³-hybridized carbons (Fsp3) is 0.692. The highest BCUT2D eigenvalue weighted by molar-refractivity contribution is 6.74. The third-order valence-corrected chi connectivity index (χ3v) is 11.8. The van der Waals surface area contributed by atoms with Crippen molar-refractivity contribution in [2.24, 2.45) is 5.92 Å². The zero-order valence-electron chi connectivity index (χ0n) is 21.7. The van der Waals surface area contributed by atoms with Crippen molar-refractivity contribution in [1.82, 2.24) is 9.80 Å². The van der Waals surface area contributed by atoms with Crippen LogP contribution in [0.1, 0.15) is 59.9 Å². The Kier molecular flexibility index (Phi) is 7.35. The Morgan fingerprint density at radius 1 is 1.09 bits per heavy atom. The van der Waals surface area contributed by atoms with Crippen LogP contribution in [0.4, 0.5) is 4.79 Å². The monoisotopic (exact) mass is 474 g/mol. The largest absolute Gasteiger partial charge is 0.444 e. The first-order valence-corrected chi connectivity index (χ1v) is 15.1. The highest BCUT2D eigenvalue weighted by atomic mass is 28.4. The molecular formula is C26H42N2O4Si. The maximum atomic E-state index is 13.4. The summed E-state index contributed by atoms with van der Waals surface area (Å²) in [7, 11) is -2.01. The summed E-state index contributed by atoms with van der Waals surface area (Å²) in [6, 6.07) is 9.88. The summed E-state index contributed by atoms with van der Waals surface area (Å²) in [6.07, 6.45) is 1.02. The van der Waals surface area contributed by atoms with Gasteiger partial charge in [0.1, 0.15) is 5.60 Å². The van der Waals surface area contributed by atoms with Crippen LogP contribution >= 0.6 is 0 Å². The van der Waals surface area contributed by atoms with Crippen LogP contribution in [0.2, 0.25) is 18.1 Å². The van der Waals surface area contributed by atoms with E-state index in [1.165, 1.54) is 0 Å². The summed E-state index contributed by atoms with van der Waals surface area (Å²) in [5, 5.41) is 0.0808. The lowest BCUT2D eigenvalue weighted by molar-refractivity contribution is -0.132. The van der Waals surface area contributed by atoms with Crippen molar-refractivity contribution in [2.75, 3.05) is 13.1 Å². The van der Waals surface area contributed by atoms with Gasteiger partial charge >= 0.3 is 6.09 Å². The first-order valence-electron chi connectivity index (χ1n) is 12.2. The zero-order valence-corrected chi connectivity index (χ0v) is 22.7. The molecule has 0 radical (unpaired) electrons. The summed E-state index contributed by atoms with van der Waals surface area (Å²) < 4.78 is 12.4. The van der Waals surface area contributed by atoms with Gasteiger partial charge in [0, 0.05) is 25.7 Å². The minimum Gasteiger partial charge on any atom is -0.444 e. The fourth-order valence-electron chi connectivity index (χ4n) is 4.50. The normalized spacial score (nSPS) is 24.5. The van der Waals surface area contributed by atoms with E-state index in [1.807, 2.05) is 56.0 Å². The number of nitrogens with zero attached hydrogens (tertiary/aromatic N) is 2. The average Bonchev–Trinajstić information content (AvgIpc) is 3.24. The minimum atomic E-state index is -2.01. The van der Waals surface area contributed by atoms with Crippen LogP contribution in [-0.2, 0) is 20.5 Å². The highest BCUT2D eigenvalue weighted by Gasteiger charge is 2.49. The third-order valence-electron chi connectivity index (χ3n) is 7.22. The van der Waals surface area contributed by atoms with Gasteiger partial charge < -0.3 is 19.0 Å². The molecule has 0 N–H and O–H groups in total. The molecule has 2 fully saturated rings. The predicted octanol–water partition coefficient (Wildman–Crippen LogP) is 5.43. The van der Waals surface area contributed by atoms with Crippen molar-refractivity contribution in [1.29, 1.82) is 0 Å². The molecule has 0 aliphatic carbocycles. The Morgan fingerprint density at radius 2 is 1.73 bits per heavy atom. The molecule has 2 aliphatic heterocycles. The molecule has 2 heterocycles. The maximum absolute atomic E-state index is 13.4. The zero-order chi connectivity index (χ0) is 24.6. The molecular weight excluding hydrogens is 432 g/mol. The van der Waals surface area contributed by atoms with Crippen molar-refractivity contribution < 1.29 is 18.8 Å². The molecule has 6 nitrogen and oxygen atoms in total. The lowest BCUT2D eigenvalue weighted by atomic mass is 9.95. The average molecular weight is 475 g/mol. The number of benzene rings is 1. The molecule has 0 aromatic heterocycles. The molecule has 3 atom stereocenters. The molecule has 2 amide bonds. The molecule has 0 bridgehead atoms. The van der Waals surface area contributed by atoms with E-state index >= 15 is 0 Å². The summed E-state index contributed by atoms with van der Waals surface area (Å²) >= 11 is 0. The molecule has 2 saturated heterocycles. The number of hydrogen-bond donors (Lipinski definition) is 0. The standard InChI is InChI=1S/C26H42N2O4Si/c1-25(2,3)31-24(30)28-18-20(32-33(7,8)26(4,5)6)16-22(28)21-14-15-27(23(21)29)17-19-12-10-9-11-13-19/h9-13,20-22H,14-18H2,1-8H3/t20-,21?,22+/m1/s1. The first-order chi connectivity index (χ1) is 15.2. The SMILES string of the molecule is CC(C)(C)OC(=O)N1C[C@H](O[Si](C)(C)C(C)(C)C)C[C@H]1C1CCN(Cc2ccccc2)C1=O. The Morgan fingerprint density at radius 3 is 2.30 bits per heavy atom. The van der Waals surface area contributed by atoms with Gasteiger partial charge in [-0.1, -0.05) is 51.1 Å². The van der Waals surface area contributed by atoms with E-state index in [1.54, 1.807) is 4.90 Å². The molecule has 7 heteroatoms. The van der Waals surface area contributed by atoms with Crippen LogP contribution in [0.3, 0.4) is 0 Å². The van der Waals surface area contributed by atoms with E-state index in [9.17, 15) is 9.59 Å². The molecule has 1 aromatic rings. The molecule has 33 heavy (non-hydrogen) atoms. The van der Waals surface area contributed by atoms with Crippen molar-refractivity contribution in [2.45, 2.75) is 96.8 Å². The molecule has 1 unspecified atom stereocenters. The topological polar surface area (TPSA) is 59.1 Å². The van der Waals surface area contributed by atoms with Gasteiger partial charge in [-0.05, 0) is 57.3 Å². The highest BCUT2D eigenvalue weighted by Crippen LogP contribution is 2.41. The van der Waals surface area contributed by atoms with Crippen LogP contribution in [0.15, 0.2) is 30.3 Å². The summed E-state index contributed by atoms with van der Waals surface area (Å²) in [4.78, 5) is 30.3. The number of carbonyl (C=O) groups excluding carboxylic acids is 2. The lowest BCUT2D eigenvalue weighted by Crippen LogP contribution is -2.46. The molecule has 2 aliphatic rings. The molecule has 3 rings (SSSR count). The quantitative estimate of drug-likeness (QED) is 0.534. The molecule has 1 aromatic carbocycles. The predicted molar refractivity (Wildman–Crippen MR) is 133 cm³/mol. The van der Waals surface area contributed by atoms with E-state index in [-0.39, 0.29) is 35.1 Å². The maximum Gasteiger partial charge on any atom is 0.410 e. The van der Waals surface area contributed by atoms with Crippen LogP contribution in [0.25, 0.3) is 0 Å². The Labute approximate surface area is 200 Å². The summed E-state index contributed by atoms with van der Waals surface area (Å²) in [5.74, 6) is -0.0837. The van der Waals surface area contributed by atoms with Gasteiger partial charge in [-0.25, -0.2) is 4.79 Å². The number of carbonyl (C=O) groups is 2. The van der Waals surface area contributed by atoms with Gasteiger partial charge in [-0.3, -0.25) is 4.79 Å². The summed E-state index contributed by atoms with van der Waals surface area (Å²) in [5.41, 5.74) is 0.542. The Balaban J connectivity index is 1.77. The van der Waals surface area contributed by atoms with E-state index in [0.717, 1.165) is 12.0 Å². The van der Waals surface area contributed by atoms with E-state index in [2.05, 4.69) is 33.9 Å². The van der Waals surface area contributed by atoms with Gasteiger partial charge in [0.25, 0.3) is 0 Å². The van der Waals surface area contributed by atoms with E-state index in [4.69, 9.17) is 9.16 Å². The number of ether oxygens (including phenoxy) is 1. The smallest absolute Gasteiger partial charge is 0.410 e. The number of rotatable bonds is 5. The van der Waals surface area contributed by atoms with Crippen LogP contribution in [-0.4, -0.2) is 61.0 Å². The van der Waals surface area contributed by atoms with Crippen LogP contribution in [0, 0.1) is 5.92 Å². The third kappa shape index (κ3) is 6.18. The van der Waals surface area contributed by atoms with Crippen molar-refractivity contribution in [3.63, 3.8) is 0 Å². The van der Waals surface area contributed by atoms with Crippen molar-refractivity contribution in [3.8, 4) is 0 Å². The Hall–Kier alpha value is -1.86. The van der Waals surface area contributed by atoms with E-state index in [0.29, 0.717) is 26.1 Å². The second kappa shape index (κ2) is 9.41. The number of amides is 2. The van der Waals surface area contributed by atoms with Gasteiger partial charge in [-0.15, -0.1) is 0 Å². The van der Waals surface area contributed by atoms with Crippen LogP contribution in [0.5, 0.6) is 0 Å². The Bertz CT molecular complexity index is 844. The second-order valence-electron chi connectivity index (χ2n) is 12.1. The molecule has 0 spiro atoms. The van der Waals surface area contributed by atoms with E-state index < -0.39 is 13.9 Å². The number of hydrogen-bond acceptors (Lipinski definition) is 4. The van der Waals surface area contributed by atoms with Gasteiger partial charge in [0.05, 0.1) is 12.0 Å². The van der Waals surface area contributed by atoms with Crippen LogP contribution < -0.4 is 0 Å². The second-order valence-corrected chi connectivity index (χ2v) is 16.8. The van der Waals surface area contributed by atoms with Gasteiger partial charge in [0.2, 0.25) is 5.91 Å². The molecule has 0 saturated carbocycles. The van der Waals surface area contributed by atoms with Gasteiger partial charge in [0.15, 0.2) is 8.32 Å². The van der Waals surface area contributed by atoms with Gasteiger partial charge in [-0.2, -0.15) is 0 Å². The van der Waals surface area contributed by atoms with Crippen molar-refractivity contribution in [3.05, 3.63) is 35.9 Å². The number of likely N-dealkylation sites (tertiary alicyclic amines) is 2. The lowest BCUT2D eigenvalue weighted by Gasteiger charge is -2.38. The summed E-state index contributed by atoms with van der Waals surface area (Å²) in [6.45, 7) is 18.6.